The van der Waals surface area contributed by atoms with Crippen LogP contribution in [0.1, 0.15) is 12.2 Å². The minimum absolute atomic E-state index is 0.121. The van der Waals surface area contributed by atoms with E-state index >= 15 is 0 Å². The first-order valence-corrected chi connectivity index (χ1v) is 5.67. The highest BCUT2D eigenvalue weighted by atomic mass is 16.1. The van der Waals surface area contributed by atoms with Crippen LogP contribution in [0.15, 0.2) is 30.7 Å². The van der Waals surface area contributed by atoms with Gasteiger partial charge in [-0.2, -0.15) is 0 Å². The van der Waals surface area contributed by atoms with E-state index < -0.39 is 0 Å². The van der Waals surface area contributed by atoms with Crippen LogP contribution in [0, 0.1) is 6.92 Å². The van der Waals surface area contributed by atoms with E-state index in [1.807, 2.05) is 11.5 Å². The van der Waals surface area contributed by atoms with Crippen LogP contribution in [-0.4, -0.2) is 27.0 Å². The van der Waals surface area contributed by atoms with E-state index in [2.05, 4.69) is 15.3 Å². The highest BCUT2D eigenvalue weighted by Gasteiger charge is 2.10. The minimum atomic E-state index is -0.121. The topological polar surface area (TPSA) is 85.8 Å². The Bertz CT molecular complexity index is 549. The van der Waals surface area contributed by atoms with Crippen molar-refractivity contribution in [3.63, 3.8) is 0 Å². The van der Waals surface area contributed by atoms with Crippen molar-refractivity contribution in [2.45, 2.75) is 13.3 Å². The van der Waals surface area contributed by atoms with Crippen LogP contribution in [0.2, 0.25) is 0 Å². The number of hydrogen-bond acceptors (Lipinski definition) is 4. The standard InChI is InChI=1S/C12H15N5O/c1-9-14-7-8-17(9)12-10(3-2-6-15-12)16-11(18)4-5-13/h2-3,6-8H,4-5,13H2,1H3,(H,16,18). The van der Waals surface area contributed by atoms with Gasteiger partial charge in [0, 0.05) is 31.6 Å². The average molecular weight is 245 g/mol. The van der Waals surface area contributed by atoms with Crippen molar-refractivity contribution in [3.05, 3.63) is 36.5 Å². The van der Waals surface area contributed by atoms with Gasteiger partial charge in [-0.1, -0.05) is 0 Å². The number of aromatic nitrogens is 3. The van der Waals surface area contributed by atoms with E-state index in [0.29, 0.717) is 18.1 Å². The first-order chi connectivity index (χ1) is 8.72. The summed E-state index contributed by atoms with van der Waals surface area (Å²) in [4.78, 5) is 20.0. The third kappa shape index (κ3) is 2.54. The van der Waals surface area contributed by atoms with Gasteiger partial charge in [-0.05, 0) is 19.1 Å². The van der Waals surface area contributed by atoms with Gasteiger partial charge in [0.1, 0.15) is 5.82 Å². The molecule has 0 bridgehead atoms. The van der Waals surface area contributed by atoms with E-state index in [-0.39, 0.29) is 12.3 Å². The van der Waals surface area contributed by atoms with Crippen molar-refractivity contribution in [2.24, 2.45) is 5.73 Å². The third-order valence-corrected chi connectivity index (χ3v) is 2.49. The molecule has 0 aliphatic carbocycles. The SMILES string of the molecule is Cc1nccn1-c1ncccc1NC(=O)CCN. The van der Waals surface area contributed by atoms with Crippen LogP contribution >= 0.6 is 0 Å². The molecule has 1 amide bonds. The van der Waals surface area contributed by atoms with E-state index in [0.717, 1.165) is 5.82 Å². The summed E-state index contributed by atoms with van der Waals surface area (Å²) in [6.45, 7) is 2.20. The van der Waals surface area contributed by atoms with Crippen LogP contribution in [0.5, 0.6) is 0 Å². The number of pyridine rings is 1. The molecule has 0 spiro atoms. The Hall–Kier alpha value is -2.21. The Balaban J connectivity index is 2.32. The van der Waals surface area contributed by atoms with Crippen LogP contribution in [-0.2, 0) is 4.79 Å². The molecule has 2 aromatic heterocycles. The van der Waals surface area contributed by atoms with Gasteiger partial charge in [0.25, 0.3) is 0 Å². The van der Waals surface area contributed by atoms with Gasteiger partial charge in [0.15, 0.2) is 5.82 Å². The van der Waals surface area contributed by atoms with E-state index in [9.17, 15) is 4.79 Å². The molecule has 94 valence electrons. The van der Waals surface area contributed by atoms with Crippen molar-refractivity contribution in [1.29, 1.82) is 0 Å². The minimum Gasteiger partial charge on any atom is -0.330 e. The maximum absolute atomic E-state index is 11.6. The fraction of sp³-hybridized carbons (Fsp3) is 0.250. The molecule has 0 aliphatic rings. The molecular weight excluding hydrogens is 230 g/mol. The summed E-state index contributed by atoms with van der Waals surface area (Å²) < 4.78 is 1.82. The molecule has 0 fully saturated rings. The number of aryl methyl sites for hydroxylation is 1. The van der Waals surface area contributed by atoms with Gasteiger partial charge in [0.2, 0.25) is 5.91 Å². The molecular formula is C12H15N5O. The number of carbonyl (C=O) groups excluding carboxylic acids is 1. The molecule has 18 heavy (non-hydrogen) atoms. The van der Waals surface area contributed by atoms with Crippen LogP contribution < -0.4 is 11.1 Å². The van der Waals surface area contributed by atoms with Crippen LogP contribution in [0.25, 0.3) is 5.82 Å². The second kappa shape index (κ2) is 5.42. The smallest absolute Gasteiger partial charge is 0.225 e. The Kier molecular flexibility index (Phi) is 3.69. The van der Waals surface area contributed by atoms with Crippen molar-refractivity contribution >= 4 is 11.6 Å². The molecule has 0 unspecified atom stereocenters. The van der Waals surface area contributed by atoms with Gasteiger partial charge in [0.05, 0.1) is 5.69 Å². The molecule has 2 aromatic rings. The summed E-state index contributed by atoms with van der Waals surface area (Å²) >= 11 is 0. The zero-order chi connectivity index (χ0) is 13.0. The Morgan fingerprint density at radius 1 is 1.44 bits per heavy atom. The zero-order valence-corrected chi connectivity index (χ0v) is 10.1. The summed E-state index contributed by atoms with van der Waals surface area (Å²) in [5, 5.41) is 2.80. The summed E-state index contributed by atoms with van der Waals surface area (Å²) in [6, 6.07) is 3.57. The van der Waals surface area contributed by atoms with Crippen molar-refractivity contribution in [3.8, 4) is 5.82 Å². The van der Waals surface area contributed by atoms with Crippen molar-refractivity contribution in [1.82, 2.24) is 14.5 Å². The molecule has 6 nitrogen and oxygen atoms in total. The van der Waals surface area contributed by atoms with Gasteiger partial charge >= 0.3 is 0 Å². The lowest BCUT2D eigenvalue weighted by Gasteiger charge is -2.11. The lowest BCUT2D eigenvalue weighted by molar-refractivity contribution is -0.116. The number of carbonyl (C=O) groups is 1. The van der Waals surface area contributed by atoms with E-state index in [1.165, 1.54) is 0 Å². The molecule has 0 aliphatic heterocycles. The quantitative estimate of drug-likeness (QED) is 0.836. The van der Waals surface area contributed by atoms with Crippen molar-refractivity contribution < 1.29 is 4.79 Å². The summed E-state index contributed by atoms with van der Waals surface area (Å²) in [6.07, 6.45) is 5.45. The zero-order valence-electron chi connectivity index (χ0n) is 10.1. The predicted molar refractivity (Wildman–Crippen MR) is 68.4 cm³/mol. The summed E-state index contributed by atoms with van der Waals surface area (Å²) in [5.74, 6) is 1.34. The molecule has 0 aromatic carbocycles. The molecule has 6 heteroatoms. The van der Waals surface area contributed by atoms with Gasteiger partial charge in [-0.3, -0.25) is 9.36 Å². The number of nitrogens with one attached hydrogen (secondary N) is 1. The van der Waals surface area contributed by atoms with Gasteiger partial charge in [-0.25, -0.2) is 9.97 Å². The molecule has 0 saturated carbocycles. The second-order valence-corrected chi connectivity index (χ2v) is 3.81. The first kappa shape index (κ1) is 12.3. The Morgan fingerprint density at radius 3 is 2.94 bits per heavy atom. The summed E-state index contributed by atoms with van der Waals surface area (Å²) in [5.41, 5.74) is 6.00. The second-order valence-electron chi connectivity index (χ2n) is 3.81. The Labute approximate surface area is 105 Å². The van der Waals surface area contributed by atoms with E-state index in [4.69, 9.17) is 5.73 Å². The molecule has 0 atom stereocenters. The average Bonchev–Trinajstić information content (AvgIpc) is 2.76. The maximum Gasteiger partial charge on any atom is 0.225 e. The highest BCUT2D eigenvalue weighted by Crippen LogP contribution is 2.18. The van der Waals surface area contributed by atoms with E-state index in [1.54, 1.807) is 30.7 Å². The fourth-order valence-corrected chi connectivity index (χ4v) is 1.63. The number of amides is 1. The number of hydrogen-bond donors (Lipinski definition) is 2. The van der Waals surface area contributed by atoms with Crippen LogP contribution in [0.4, 0.5) is 5.69 Å². The lowest BCUT2D eigenvalue weighted by Crippen LogP contribution is -2.17. The lowest BCUT2D eigenvalue weighted by atomic mass is 10.3. The number of nitrogens with two attached hydrogens (primary N) is 1. The largest absolute Gasteiger partial charge is 0.330 e. The third-order valence-electron chi connectivity index (χ3n) is 2.49. The van der Waals surface area contributed by atoms with Crippen LogP contribution in [0.3, 0.4) is 0 Å². The van der Waals surface area contributed by atoms with Crippen molar-refractivity contribution in [2.75, 3.05) is 11.9 Å². The molecule has 0 radical (unpaired) electrons. The molecule has 2 heterocycles. The first-order valence-electron chi connectivity index (χ1n) is 5.67. The van der Waals surface area contributed by atoms with Gasteiger partial charge in [-0.15, -0.1) is 0 Å². The number of rotatable bonds is 4. The normalized spacial score (nSPS) is 10.3. The van der Waals surface area contributed by atoms with Gasteiger partial charge < -0.3 is 11.1 Å². The number of nitrogens with zero attached hydrogens (tertiary/aromatic N) is 3. The molecule has 0 saturated heterocycles. The summed E-state index contributed by atoms with van der Waals surface area (Å²) in [7, 11) is 0. The number of imidazole rings is 1. The molecule has 2 rings (SSSR count). The highest BCUT2D eigenvalue weighted by molar-refractivity contribution is 5.92. The number of anilines is 1. The monoisotopic (exact) mass is 245 g/mol. The predicted octanol–water partition coefficient (Wildman–Crippen LogP) is 0.863. The maximum atomic E-state index is 11.6. The fourth-order valence-electron chi connectivity index (χ4n) is 1.63. The Morgan fingerprint density at radius 2 is 2.28 bits per heavy atom. The molecule has 3 N–H and O–H groups in total.